The first-order valence-electron chi connectivity index (χ1n) is 7.62. The van der Waals surface area contributed by atoms with Crippen molar-refractivity contribution in [1.29, 1.82) is 0 Å². The minimum absolute atomic E-state index is 0.0152. The van der Waals surface area contributed by atoms with Crippen molar-refractivity contribution in [2.75, 3.05) is 13.7 Å². The summed E-state index contributed by atoms with van der Waals surface area (Å²) in [6.07, 6.45) is 8.11. The molecule has 0 aliphatic heterocycles. The van der Waals surface area contributed by atoms with Gasteiger partial charge in [-0.05, 0) is 18.8 Å². The van der Waals surface area contributed by atoms with Crippen LogP contribution in [0.4, 0.5) is 0 Å². The second-order valence-corrected chi connectivity index (χ2v) is 5.68. The van der Waals surface area contributed by atoms with Crippen LogP contribution < -0.4 is 5.32 Å². The monoisotopic (exact) mass is 285 g/mol. The molecular weight excluding hydrogens is 258 g/mol. The van der Waals surface area contributed by atoms with E-state index in [2.05, 4.69) is 5.32 Å². The molecule has 0 aromatic heterocycles. The van der Waals surface area contributed by atoms with Crippen molar-refractivity contribution in [1.82, 2.24) is 5.32 Å². The quantitative estimate of drug-likeness (QED) is 0.682. The van der Waals surface area contributed by atoms with Gasteiger partial charge >= 0.3 is 5.97 Å². The fourth-order valence-electron chi connectivity index (χ4n) is 2.87. The van der Waals surface area contributed by atoms with E-state index in [4.69, 9.17) is 9.84 Å². The lowest BCUT2D eigenvalue weighted by atomic mass is 9.84. The number of nitrogens with one attached hydrogen (secondary N) is 1. The highest BCUT2D eigenvalue weighted by Crippen LogP contribution is 2.28. The van der Waals surface area contributed by atoms with Crippen LogP contribution in [-0.2, 0) is 14.3 Å². The molecule has 1 atom stereocenters. The highest BCUT2D eigenvalue weighted by Gasteiger charge is 2.21. The van der Waals surface area contributed by atoms with Crippen molar-refractivity contribution < 1.29 is 19.4 Å². The summed E-state index contributed by atoms with van der Waals surface area (Å²) >= 11 is 0. The first-order valence-corrected chi connectivity index (χ1v) is 7.62. The summed E-state index contributed by atoms with van der Waals surface area (Å²) in [5.41, 5.74) is 0. The summed E-state index contributed by atoms with van der Waals surface area (Å²) in [5, 5.41) is 11.8. The van der Waals surface area contributed by atoms with Gasteiger partial charge in [0.1, 0.15) is 0 Å². The zero-order chi connectivity index (χ0) is 14.8. The van der Waals surface area contributed by atoms with Crippen LogP contribution >= 0.6 is 0 Å². The highest BCUT2D eigenvalue weighted by atomic mass is 16.5. The lowest BCUT2D eigenvalue weighted by molar-refractivity contribution is -0.137. The van der Waals surface area contributed by atoms with Gasteiger partial charge in [-0.2, -0.15) is 0 Å². The van der Waals surface area contributed by atoms with Gasteiger partial charge in [-0.25, -0.2) is 0 Å². The average Bonchev–Trinajstić information content (AvgIpc) is 2.43. The lowest BCUT2D eigenvalue weighted by Gasteiger charge is -2.27. The molecule has 20 heavy (non-hydrogen) atoms. The van der Waals surface area contributed by atoms with E-state index in [1.807, 2.05) is 0 Å². The topological polar surface area (TPSA) is 75.6 Å². The van der Waals surface area contributed by atoms with Gasteiger partial charge in [0.15, 0.2) is 0 Å². The maximum absolute atomic E-state index is 11.8. The molecule has 1 amide bonds. The van der Waals surface area contributed by atoms with Crippen LogP contribution in [0.2, 0.25) is 0 Å². The predicted octanol–water partition coefficient (Wildman–Crippen LogP) is 2.34. The largest absolute Gasteiger partial charge is 0.481 e. The van der Waals surface area contributed by atoms with E-state index >= 15 is 0 Å². The molecule has 1 unspecified atom stereocenters. The highest BCUT2D eigenvalue weighted by molar-refractivity contribution is 5.76. The number of rotatable bonds is 9. The zero-order valence-electron chi connectivity index (χ0n) is 12.4. The molecule has 0 spiro atoms. The number of carbonyl (C=O) groups excluding carboxylic acids is 1. The van der Waals surface area contributed by atoms with E-state index < -0.39 is 5.97 Å². The third kappa shape index (κ3) is 7.48. The van der Waals surface area contributed by atoms with E-state index in [0.29, 0.717) is 25.4 Å². The Bertz CT molecular complexity index is 300. The third-order valence-electron chi connectivity index (χ3n) is 3.95. The SMILES string of the molecule is COCCC(=O)NC(CCC(=O)O)CC1CCCCC1. The molecule has 116 valence electrons. The molecule has 1 fully saturated rings. The molecule has 2 N–H and O–H groups in total. The van der Waals surface area contributed by atoms with Crippen LogP contribution in [-0.4, -0.2) is 36.7 Å². The molecule has 0 bridgehead atoms. The van der Waals surface area contributed by atoms with E-state index in [9.17, 15) is 9.59 Å². The van der Waals surface area contributed by atoms with Crippen molar-refractivity contribution in [3.63, 3.8) is 0 Å². The molecular formula is C15H27NO4. The molecule has 0 heterocycles. The molecule has 0 aromatic rings. The zero-order valence-corrected chi connectivity index (χ0v) is 12.4. The van der Waals surface area contributed by atoms with Gasteiger partial charge < -0.3 is 15.2 Å². The summed E-state index contributed by atoms with van der Waals surface area (Å²) in [4.78, 5) is 22.5. The van der Waals surface area contributed by atoms with Crippen molar-refractivity contribution in [2.24, 2.45) is 5.92 Å². The fraction of sp³-hybridized carbons (Fsp3) is 0.867. The Morgan fingerprint density at radius 2 is 1.95 bits per heavy atom. The normalized spacial score (nSPS) is 17.6. The number of carboxylic acid groups (broad SMARTS) is 1. The van der Waals surface area contributed by atoms with E-state index in [0.717, 1.165) is 6.42 Å². The standard InChI is InChI=1S/C15H27NO4/c1-20-10-9-14(17)16-13(7-8-15(18)19)11-12-5-3-2-4-6-12/h12-13H,2-11H2,1H3,(H,16,17)(H,18,19). The van der Waals surface area contributed by atoms with Gasteiger partial charge in [0.25, 0.3) is 0 Å². The van der Waals surface area contributed by atoms with Gasteiger partial charge in [0, 0.05) is 26.0 Å². The lowest BCUT2D eigenvalue weighted by Crippen LogP contribution is -2.37. The summed E-state index contributed by atoms with van der Waals surface area (Å²) in [5.74, 6) is -0.215. The first kappa shape index (κ1) is 17.0. The number of amides is 1. The van der Waals surface area contributed by atoms with Crippen LogP contribution in [0.15, 0.2) is 0 Å². The number of ether oxygens (including phenoxy) is 1. The second-order valence-electron chi connectivity index (χ2n) is 5.68. The number of hydrogen-bond acceptors (Lipinski definition) is 3. The molecule has 1 rings (SSSR count). The van der Waals surface area contributed by atoms with Crippen LogP contribution in [0.3, 0.4) is 0 Å². The second kappa shape index (κ2) is 9.75. The Kier molecular flexibility index (Phi) is 8.26. The molecule has 5 heteroatoms. The van der Waals surface area contributed by atoms with Gasteiger partial charge in [0.2, 0.25) is 5.91 Å². The van der Waals surface area contributed by atoms with Crippen LogP contribution in [0.25, 0.3) is 0 Å². The number of carboxylic acids is 1. The van der Waals surface area contributed by atoms with Crippen molar-refractivity contribution in [2.45, 2.75) is 63.8 Å². The summed E-state index contributed by atoms with van der Waals surface area (Å²) < 4.78 is 4.89. The van der Waals surface area contributed by atoms with Crippen LogP contribution in [0.1, 0.15) is 57.8 Å². The molecule has 0 aromatic carbocycles. The third-order valence-corrected chi connectivity index (χ3v) is 3.95. The van der Waals surface area contributed by atoms with Crippen LogP contribution in [0, 0.1) is 5.92 Å². The maximum Gasteiger partial charge on any atom is 0.303 e. The number of carbonyl (C=O) groups is 2. The Morgan fingerprint density at radius 3 is 2.55 bits per heavy atom. The van der Waals surface area contributed by atoms with Crippen molar-refractivity contribution in [3.05, 3.63) is 0 Å². The van der Waals surface area contributed by atoms with E-state index in [-0.39, 0.29) is 18.4 Å². The number of aliphatic carboxylic acids is 1. The molecule has 1 saturated carbocycles. The Hall–Kier alpha value is -1.10. The molecule has 5 nitrogen and oxygen atoms in total. The summed E-state index contributed by atoms with van der Waals surface area (Å²) in [7, 11) is 1.57. The van der Waals surface area contributed by atoms with Gasteiger partial charge in [0.05, 0.1) is 6.61 Å². The predicted molar refractivity (Wildman–Crippen MR) is 76.5 cm³/mol. The summed E-state index contributed by atoms with van der Waals surface area (Å²) in [6, 6.07) is -0.0152. The van der Waals surface area contributed by atoms with Crippen LogP contribution in [0.5, 0.6) is 0 Å². The number of methoxy groups -OCH3 is 1. The van der Waals surface area contributed by atoms with Crippen molar-refractivity contribution >= 4 is 11.9 Å². The van der Waals surface area contributed by atoms with Gasteiger partial charge in [-0.1, -0.05) is 32.1 Å². The molecule has 0 saturated heterocycles. The fourth-order valence-corrected chi connectivity index (χ4v) is 2.87. The Labute approximate surface area is 121 Å². The van der Waals surface area contributed by atoms with Gasteiger partial charge in [-0.3, -0.25) is 9.59 Å². The van der Waals surface area contributed by atoms with Crippen molar-refractivity contribution in [3.8, 4) is 0 Å². The molecule has 1 aliphatic carbocycles. The minimum atomic E-state index is -0.801. The maximum atomic E-state index is 11.8. The summed E-state index contributed by atoms with van der Waals surface area (Å²) in [6.45, 7) is 0.404. The Balaban J connectivity index is 2.40. The molecule has 0 radical (unpaired) electrons. The first-order chi connectivity index (χ1) is 9.61. The average molecular weight is 285 g/mol. The van der Waals surface area contributed by atoms with E-state index in [1.165, 1.54) is 32.1 Å². The number of hydrogen-bond donors (Lipinski definition) is 2. The van der Waals surface area contributed by atoms with E-state index in [1.54, 1.807) is 7.11 Å². The minimum Gasteiger partial charge on any atom is -0.481 e. The smallest absolute Gasteiger partial charge is 0.303 e. The molecule has 1 aliphatic rings. The Morgan fingerprint density at radius 1 is 1.25 bits per heavy atom. The van der Waals surface area contributed by atoms with Gasteiger partial charge in [-0.15, -0.1) is 0 Å².